The summed E-state index contributed by atoms with van der Waals surface area (Å²) in [4.78, 5) is 13.1. The number of benzene rings is 1. The summed E-state index contributed by atoms with van der Waals surface area (Å²) in [7, 11) is 0. The Balaban J connectivity index is 1.70. The molecule has 1 aliphatic carbocycles. The molecule has 1 aromatic rings. The summed E-state index contributed by atoms with van der Waals surface area (Å²) < 4.78 is 0. The van der Waals surface area contributed by atoms with Crippen LogP contribution in [0.25, 0.3) is 0 Å². The van der Waals surface area contributed by atoms with E-state index < -0.39 is 0 Å². The van der Waals surface area contributed by atoms with E-state index >= 15 is 0 Å². The molecule has 2 N–H and O–H groups in total. The highest BCUT2D eigenvalue weighted by atomic mass is 32.2. The van der Waals surface area contributed by atoms with E-state index in [9.17, 15) is 4.79 Å². The summed E-state index contributed by atoms with van der Waals surface area (Å²) in [6, 6.07) is 8.87. The van der Waals surface area contributed by atoms with Gasteiger partial charge in [0.15, 0.2) is 0 Å². The number of hydrogen-bond donors (Lipinski definition) is 2. The van der Waals surface area contributed by atoms with Crippen LogP contribution in [0.15, 0.2) is 29.2 Å². The molecule has 0 radical (unpaired) electrons. The lowest BCUT2D eigenvalue weighted by Gasteiger charge is -2.22. The van der Waals surface area contributed by atoms with Crippen LogP contribution in [0.1, 0.15) is 44.6 Å². The van der Waals surface area contributed by atoms with Gasteiger partial charge in [0.1, 0.15) is 0 Å². The minimum absolute atomic E-state index is 0.170. The minimum Gasteiger partial charge on any atom is -0.353 e. The van der Waals surface area contributed by atoms with Crippen LogP contribution in [0.5, 0.6) is 0 Å². The van der Waals surface area contributed by atoms with Gasteiger partial charge >= 0.3 is 0 Å². The van der Waals surface area contributed by atoms with Gasteiger partial charge in [-0.2, -0.15) is 0 Å². The van der Waals surface area contributed by atoms with Crippen LogP contribution in [-0.4, -0.2) is 24.2 Å². The fourth-order valence-electron chi connectivity index (χ4n) is 2.64. The molecule has 1 aromatic carbocycles. The Morgan fingerprint density at radius 2 is 1.90 bits per heavy atom. The molecule has 0 unspecified atom stereocenters. The Bertz CT molecular complexity index is 427. The summed E-state index contributed by atoms with van der Waals surface area (Å²) in [5, 5.41) is 6.47. The smallest absolute Gasteiger partial charge is 0.230 e. The van der Waals surface area contributed by atoms with Crippen molar-refractivity contribution in [3.05, 3.63) is 29.8 Å². The Morgan fingerprint density at radius 1 is 1.19 bits per heavy atom. The van der Waals surface area contributed by atoms with Crippen LogP contribution in [0, 0.1) is 0 Å². The summed E-state index contributed by atoms with van der Waals surface area (Å²) in [6.07, 6.45) is 6.13. The van der Waals surface area contributed by atoms with Crippen molar-refractivity contribution in [3.8, 4) is 0 Å². The molecule has 4 heteroatoms. The molecule has 0 bridgehead atoms. The molecule has 0 heterocycles. The molecule has 21 heavy (non-hydrogen) atoms. The number of nitrogens with one attached hydrogen (secondary N) is 2. The van der Waals surface area contributed by atoms with Gasteiger partial charge in [0, 0.05) is 17.5 Å². The topological polar surface area (TPSA) is 41.1 Å². The minimum atomic E-state index is 0.170. The van der Waals surface area contributed by atoms with Crippen molar-refractivity contribution in [1.29, 1.82) is 0 Å². The van der Waals surface area contributed by atoms with Crippen molar-refractivity contribution < 1.29 is 4.79 Å². The molecule has 1 saturated carbocycles. The van der Waals surface area contributed by atoms with E-state index in [1.165, 1.54) is 24.8 Å². The second-order valence-electron chi connectivity index (χ2n) is 5.62. The van der Waals surface area contributed by atoms with Crippen LogP contribution in [0.4, 0.5) is 0 Å². The zero-order valence-electron chi connectivity index (χ0n) is 12.9. The number of thioether (sulfide) groups is 1. The number of hydrogen-bond acceptors (Lipinski definition) is 3. The van der Waals surface area contributed by atoms with E-state index in [0.717, 1.165) is 30.8 Å². The zero-order chi connectivity index (χ0) is 14.9. The molecule has 1 fully saturated rings. The monoisotopic (exact) mass is 306 g/mol. The maximum atomic E-state index is 12.0. The lowest BCUT2D eigenvalue weighted by atomic mass is 9.95. The third-order valence-electron chi connectivity index (χ3n) is 3.84. The molecule has 1 amide bonds. The van der Waals surface area contributed by atoms with Crippen molar-refractivity contribution in [3.63, 3.8) is 0 Å². The van der Waals surface area contributed by atoms with Crippen LogP contribution in [0.2, 0.25) is 0 Å². The standard InChI is InChI=1S/C17H26N2OS/c1-2-18-12-14-8-10-16(11-9-14)21-13-17(20)19-15-6-4-3-5-7-15/h8-11,15,18H,2-7,12-13H2,1H3,(H,19,20). The number of rotatable bonds is 7. The highest BCUT2D eigenvalue weighted by molar-refractivity contribution is 8.00. The van der Waals surface area contributed by atoms with Crippen molar-refractivity contribution >= 4 is 17.7 Å². The van der Waals surface area contributed by atoms with Crippen molar-refractivity contribution in [2.75, 3.05) is 12.3 Å². The first-order valence-corrected chi connectivity index (χ1v) is 8.98. The van der Waals surface area contributed by atoms with Crippen LogP contribution in [-0.2, 0) is 11.3 Å². The van der Waals surface area contributed by atoms with E-state index in [1.54, 1.807) is 11.8 Å². The maximum Gasteiger partial charge on any atom is 0.230 e. The predicted octanol–water partition coefficient (Wildman–Crippen LogP) is 3.34. The summed E-state index contributed by atoms with van der Waals surface area (Å²) >= 11 is 1.62. The van der Waals surface area contributed by atoms with Gasteiger partial charge in [-0.1, -0.05) is 38.3 Å². The molecular weight excluding hydrogens is 280 g/mol. The second kappa shape index (κ2) is 9.11. The normalized spacial score (nSPS) is 15.9. The van der Waals surface area contributed by atoms with Gasteiger partial charge < -0.3 is 10.6 Å². The van der Waals surface area contributed by atoms with Gasteiger partial charge in [0.25, 0.3) is 0 Å². The van der Waals surface area contributed by atoms with Crippen molar-refractivity contribution in [2.45, 2.75) is 56.5 Å². The summed E-state index contributed by atoms with van der Waals surface area (Å²) in [6.45, 7) is 4.00. The van der Waals surface area contributed by atoms with Gasteiger partial charge in [-0.15, -0.1) is 11.8 Å². The van der Waals surface area contributed by atoms with Crippen molar-refractivity contribution in [1.82, 2.24) is 10.6 Å². The molecular formula is C17H26N2OS. The van der Waals surface area contributed by atoms with E-state index in [2.05, 4.69) is 41.8 Å². The molecule has 0 aromatic heterocycles. The van der Waals surface area contributed by atoms with Gasteiger partial charge in [0.05, 0.1) is 5.75 Å². The quantitative estimate of drug-likeness (QED) is 0.759. The van der Waals surface area contributed by atoms with E-state index in [0.29, 0.717) is 11.8 Å². The second-order valence-corrected chi connectivity index (χ2v) is 6.66. The highest BCUT2D eigenvalue weighted by Crippen LogP contribution is 2.20. The predicted molar refractivity (Wildman–Crippen MR) is 89.6 cm³/mol. The first kappa shape index (κ1) is 16.4. The largest absolute Gasteiger partial charge is 0.353 e. The number of amides is 1. The van der Waals surface area contributed by atoms with Crippen LogP contribution >= 0.6 is 11.8 Å². The van der Waals surface area contributed by atoms with Gasteiger partial charge in [0.2, 0.25) is 5.91 Å². The average Bonchev–Trinajstić information content (AvgIpc) is 2.53. The molecule has 0 atom stereocenters. The Kier molecular flexibility index (Phi) is 7.10. The highest BCUT2D eigenvalue weighted by Gasteiger charge is 2.15. The van der Waals surface area contributed by atoms with Crippen molar-refractivity contribution in [2.24, 2.45) is 0 Å². The lowest BCUT2D eigenvalue weighted by molar-refractivity contribution is -0.119. The Hall–Kier alpha value is -1.00. The third kappa shape index (κ3) is 6.10. The number of carbonyl (C=O) groups is 1. The molecule has 0 saturated heterocycles. The zero-order valence-corrected chi connectivity index (χ0v) is 13.7. The van der Waals surface area contributed by atoms with E-state index in [1.807, 2.05) is 0 Å². The molecule has 0 aliphatic heterocycles. The van der Waals surface area contributed by atoms with E-state index in [4.69, 9.17) is 0 Å². The first-order chi connectivity index (χ1) is 10.3. The maximum absolute atomic E-state index is 12.0. The third-order valence-corrected chi connectivity index (χ3v) is 4.85. The molecule has 116 valence electrons. The summed E-state index contributed by atoms with van der Waals surface area (Å²) in [5.74, 6) is 0.687. The Labute approximate surface area is 132 Å². The fourth-order valence-corrected chi connectivity index (χ4v) is 3.35. The fraction of sp³-hybridized carbons (Fsp3) is 0.588. The molecule has 1 aliphatic rings. The lowest BCUT2D eigenvalue weighted by Crippen LogP contribution is -2.37. The Morgan fingerprint density at radius 3 is 2.57 bits per heavy atom. The van der Waals surface area contributed by atoms with Crippen LogP contribution < -0.4 is 10.6 Å². The molecule has 0 spiro atoms. The number of carbonyl (C=O) groups excluding carboxylic acids is 1. The van der Waals surface area contributed by atoms with Gasteiger partial charge in [-0.05, 0) is 37.1 Å². The molecule has 2 rings (SSSR count). The SMILES string of the molecule is CCNCc1ccc(SCC(=O)NC2CCCCC2)cc1. The van der Waals surface area contributed by atoms with E-state index in [-0.39, 0.29) is 5.91 Å². The molecule has 3 nitrogen and oxygen atoms in total. The summed E-state index contributed by atoms with van der Waals surface area (Å²) in [5.41, 5.74) is 1.29. The van der Waals surface area contributed by atoms with Gasteiger partial charge in [-0.3, -0.25) is 4.79 Å². The average molecular weight is 306 g/mol. The van der Waals surface area contributed by atoms with Crippen LogP contribution in [0.3, 0.4) is 0 Å². The van der Waals surface area contributed by atoms with Gasteiger partial charge in [-0.25, -0.2) is 0 Å². The first-order valence-electron chi connectivity index (χ1n) is 7.99.